The monoisotopic (exact) mass is 307 g/mol. The van der Waals surface area contributed by atoms with Crippen molar-refractivity contribution in [1.29, 1.82) is 0 Å². The maximum atomic E-state index is 14.0. The van der Waals surface area contributed by atoms with Gasteiger partial charge in [-0.25, -0.2) is 8.78 Å². The summed E-state index contributed by atoms with van der Waals surface area (Å²) in [6.45, 7) is 3.72. The van der Waals surface area contributed by atoms with Gasteiger partial charge in [-0.15, -0.1) is 0 Å². The molecule has 0 spiro atoms. The van der Waals surface area contributed by atoms with Gasteiger partial charge in [-0.1, -0.05) is 11.6 Å². The van der Waals surface area contributed by atoms with E-state index in [2.05, 4.69) is 0 Å². The van der Waals surface area contributed by atoms with E-state index in [1.54, 1.807) is 30.3 Å². The van der Waals surface area contributed by atoms with Crippen molar-refractivity contribution in [3.8, 4) is 11.5 Å². The molecule has 0 amide bonds. The largest absolute Gasteiger partial charge is 0.451 e. The van der Waals surface area contributed by atoms with Gasteiger partial charge in [0.1, 0.15) is 5.75 Å². The fourth-order valence-electron chi connectivity index (χ4n) is 1.80. The Morgan fingerprint density at radius 1 is 1.10 bits per heavy atom. The van der Waals surface area contributed by atoms with Gasteiger partial charge in [-0.2, -0.15) is 0 Å². The molecular weight excluding hydrogens is 292 g/mol. The van der Waals surface area contributed by atoms with E-state index in [-0.39, 0.29) is 0 Å². The van der Waals surface area contributed by atoms with Crippen LogP contribution in [-0.2, 0) is 0 Å². The molecule has 2 aromatic rings. The van der Waals surface area contributed by atoms with Crippen molar-refractivity contribution in [3.63, 3.8) is 0 Å². The molecule has 2 nitrogen and oxygen atoms in total. The Labute approximate surface area is 126 Å². The van der Waals surface area contributed by atoms with Gasteiger partial charge in [-0.05, 0) is 67.8 Å². The van der Waals surface area contributed by atoms with Crippen LogP contribution in [0.25, 0.3) is 6.08 Å². The van der Waals surface area contributed by atoms with E-state index < -0.39 is 17.4 Å². The zero-order valence-corrected chi connectivity index (χ0v) is 12.5. The first-order chi connectivity index (χ1) is 9.99. The Balaban J connectivity index is 2.29. The highest BCUT2D eigenvalue weighted by Gasteiger charge is 2.13. The van der Waals surface area contributed by atoms with Crippen LogP contribution in [0.15, 0.2) is 46.9 Å². The van der Waals surface area contributed by atoms with Crippen molar-refractivity contribution >= 4 is 18.0 Å². The van der Waals surface area contributed by atoms with Crippen LogP contribution >= 0.6 is 11.9 Å². The topological polar surface area (TPSA) is 35.2 Å². The lowest BCUT2D eigenvalue weighted by Gasteiger charge is -2.09. The zero-order valence-electron chi connectivity index (χ0n) is 11.7. The summed E-state index contributed by atoms with van der Waals surface area (Å²) in [5, 5.41) is 5.41. The number of nitrogens with two attached hydrogens (primary N) is 1. The van der Waals surface area contributed by atoms with Gasteiger partial charge < -0.3 is 4.74 Å². The number of hydrogen-bond acceptors (Lipinski definition) is 3. The third-order valence-electron chi connectivity index (χ3n) is 2.66. The maximum absolute atomic E-state index is 14.0. The normalized spacial score (nSPS) is 10.3. The van der Waals surface area contributed by atoms with E-state index in [1.165, 1.54) is 12.1 Å². The molecule has 2 N–H and O–H groups in total. The van der Waals surface area contributed by atoms with Gasteiger partial charge in [0.2, 0.25) is 0 Å². The number of allylic oxidation sites excluding steroid dienone is 1. The summed E-state index contributed by atoms with van der Waals surface area (Å²) in [7, 11) is 0. The van der Waals surface area contributed by atoms with Crippen LogP contribution < -0.4 is 9.88 Å². The van der Waals surface area contributed by atoms with Crippen LogP contribution in [0.2, 0.25) is 0 Å². The third kappa shape index (κ3) is 4.06. The molecule has 0 fully saturated rings. The molecule has 2 rings (SSSR count). The third-order valence-corrected chi connectivity index (χ3v) is 3.20. The van der Waals surface area contributed by atoms with Crippen LogP contribution in [0.5, 0.6) is 11.5 Å². The highest BCUT2D eigenvalue weighted by molar-refractivity contribution is 7.97. The predicted octanol–water partition coefficient (Wildman–Crippen LogP) is 5.15. The molecule has 2 aromatic carbocycles. The van der Waals surface area contributed by atoms with Crippen LogP contribution in [0.4, 0.5) is 8.78 Å². The van der Waals surface area contributed by atoms with Gasteiger partial charge in [0.25, 0.3) is 0 Å². The second kappa shape index (κ2) is 6.74. The molecule has 0 aliphatic heterocycles. The van der Waals surface area contributed by atoms with Gasteiger partial charge >= 0.3 is 0 Å². The molecule has 0 aliphatic rings. The summed E-state index contributed by atoms with van der Waals surface area (Å²) in [4.78, 5) is 0.835. The van der Waals surface area contributed by atoms with Gasteiger partial charge in [0.15, 0.2) is 17.4 Å². The fourth-order valence-corrected chi connectivity index (χ4v) is 2.09. The Morgan fingerprint density at radius 2 is 1.67 bits per heavy atom. The highest BCUT2D eigenvalue weighted by atomic mass is 32.2. The summed E-state index contributed by atoms with van der Waals surface area (Å²) < 4.78 is 33.2. The van der Waals surface area contributed by atoms with E-state index >= 15 is 0 Å². The Hall–Kier alpha value is -1.85. The second-order valence-corrected chi connectivity index (χ2v) is 5.43. The first-order valence-corrected chi connectivity index (χ1v) is 7.16. The minimum Gasteiger partial charge on any atom is -0.451 e. The van der Waals surface area contributed by atoms with Crippen molar-refractivity contribution in [2.24, 2.45) is 5.14 Å². The number of halogens is 2. The lowest BCUT2D eigenvalue weighted by molar-refractivity contribution is 0.407. The molecule has 0 unspecified atom stereocenters. The minimum atomic E-state index is -0.736. The molecule has 0 aromatic heterocycles. The van der Waals surface area contributed by atoms with E-state index in [4.69, 9.17) is 9.88 Å². The van der Waals surface area contributed by atoms with Crippen molar-refractivity contribution in [1.82, 2.24) is 0 Å². The van der Waals surface area contributed by atoms with Crippen molar-refractivity contribution in [2.75, 3.05) is 0 Å². The standard InChI is InChI=1S/C16H15F2NOS/c1-10(2)7-11-8-14(17)16(15(18)9-11)20-12-3-5-13(21-19)6-4-12/h3-9H,19H2,1-2H3. The smallest absolute Gasteiger partial charge is 0.198 e. The highest BCUT2D eigenvalue weighted by Crippen LogP contribution is 2.30. The lowest BCUT2D eigenvalue weighted by Crippen LogP contribution is -1.94. The van der Waals surface area contributed by atoms with Crippen molar-refractivity contribution < 1.29 is 13.5 Å². The fraction of sp³-hybridized carbons (Fsp3) is 0.125. The molecule has 0 radical (unpaired) electrons. The maximum Gasteiger partial charge on any atom is 0.198 e. The summed E-state index contributed by atoms with van der Waals surface area (Å²) in [6.07, 6.45) is 1.70. The summed E-state index contributed by atoms with van der Waals surface area (Å²) >= 11 is 1.09. The van der Waals surface area contributed by atoms with Gasteiger partial charge in [-0.3, -0.25) is 5.14 Å². The van der Waals surface area contributed by atoms with E-state index in [0.29, 0.717) is 11.3 Å². The molecule has 0 bridgehead atoms. The van der Waals surface area contributed by atoms with Gasteiger partial charge in [0, 0.05) is 4.90 Å². The zero-order chi connectivity index (χ0) is 15.4. The first kappa shape index (κ1) is 15.5. The average molecular weight is 307 g/mol. The summed E-state index contributed by atoms with van der Waals surface area (Å²) in [5.74, 6) is -1.53. The summed E-state index contributed by atoms with van der Waals surface area (Å²) in [6, 6.07) is 9.14. The Bertz CT molecular complexity index is 641. The summed E-state index contributed by atoms with van der Waals surface area (Å²) in [5.41, 5.74) is 1.42. The average Bonchev–Trinajstić information content (AvgIpc) is 2.43. The molecule has 110 valence electrons. The van der Waals surface area contributed by atoms with Gasteiger partial charge in [0.05, 0.1) is 0 Å². The molecule has 0 heterocycles. The Kier molecular flexibility index (Phi) is 4.98. The van der Waals surface area contributed by atoms with E-state index in [1.807, 2.05) is 13.8 Å². The molecule has 0 saturated carbocycles. The van der Waals surface area contributed by atoms with E-state index in [0.717, 1.165) is 22.4 Å². The van der Waals surface area contributed by atoms with Crippen LogP contribution in [0, 0.1) is 11.6 Å². The second-order valence-electron chi connectivity index (χ2n) is 4.73. The minimum absolute atomic E-state index is 0.348. The molecule has 0 aliphatic carbocycles. The number of benzene rings is 2. The SMILES string of the molecule is CC(C)=Cc1cc(F)c(Oc2ccc(SN)cc2)c(F)c1. The van der Waals surface area contributed by atoms with Crippen LogP contribution in [0.3, 0.4) is 0 Å². The number of rotatable bonds is 4. The van der Waals surface area contributed by atoms with Crippen molar-refractivity contribution in [2.45, 2.75) is 18.7 Å². The predicted molar refractivity (Wildman–Crippen MR) is 82.2 cm³/mol. The Morgan fingerprint density at radius 3 is 2.14 bits per heavy atom. The van der Waals surface area contributed by atoms with Crippen LogP contribution in [0.1, 0.15) is 19.4 Å². The van der Waals surface area contributed by atoms with Crippen LogP contribution in [-0.4, -0.2) is 0 Å². The number of hydrogen-bond donors (Lipinski definition) is 1. The molecular formula is C16H15F2NOS. The quantitative estimate of drug-likeness (QED) is 0.794. The van der Waals surface area contributed by atoms with Crippen molar-refractivity contribution in [3.05, 3.63) is 59.2 Å². The molecule has 5 heteroatoms. The first-order valence-electron chi connectivity index (χ1n) is 6.28. The van der Waals surface area contributed by atoms with E-state index in [9.17, 15) is 8.78 Å². The molecule has 0 atom stereocenters. The number of ether oxygens (including phenoxy) is 1. The molecule has 0 saturated heterocycles. The lowest BCUT2D eigenvalue weighted by atomic mass is 10.1. The molecule has 21 heavy (non-hydrogen) atoms.